The molecular weight excluding hydrogens is 352 g/mol. The molecule has 0 aromatic heterocycles. The van der Waals surface area contributed by atoms with Crippen molar-refractivity contribution < 1.29 is 14.6 Å². The van der Waals surface area contributed by atoms with E-state index in [1.165, 1.54) is 18.4 Å². The molecule has 0 aliphatic carbocycles. The molecule has 1 fully saturated rings. The van der Waals surface area contributed by atoms with Gasteiger partial charge in [-0.1, -0.05) is 24.3 Å². The van der Waals surface area contributed by atoms with Crippen molar-refractivity contribution in [2.24, 2.45) is 0 Å². The van der Waals surface area contributed by atoms with Crippen molar-refractivity contribution >= 4 is 5.91 Å². The molecule has 1 saturated heterocycles. The summed E-state index contributed by atoms with van der Waals surface area (Å²) in [6.07, 6.45) is 2.38. The minimum atomic E-state index is -0.0667. The first kappa shape index (κ1) is 20.4. The van der Waals surface area contributed by atoms with Gasteiger partial charge in [0.2, 0.25) is 0 Å². The van der Waals surface area contributed by atoms with Crippen LogP contribution in [-0.4, -0.2) is 48.8 Å². The maximum Gasteiger partial charge on any atom is 0.254 e. The fourth-order valence-corrected chi connectivity index (χ4v) is 3.71. The molecule has 1 aliphatic heterocycles. The number of carbonyl (C=O) groups excluding carboxylic acids is 1. The minimum Gasteiger partial charge on any atom is -0.494 e. The third-order valence-corrected chi connectivity index (χ3v) is 5.17. The van der Waals surface area contributed by atoms with Crippen molar-refractivity contribution in [2.75, 3.05) is 32.8 Å². The summed E-state index contributed by atoms with van der Waals surface area (Å²) in [5.41, 5.74) is 2.92. The first-order valence-corrected chi connectivity index (χ1v) is 10.1. The summed E-state index contributed by atoms with van der Waals surface area (Å²) in [6, 6.07) is 15.7. The van der Waals surface area contributed by atoms with Crippen molar-refractivity contribution in [3.05, 3.63) is 65.2 Å². The molecule has 0 saturated carbocycles. The number of nitrogens with zero attached hydrogens (tertiary/aromatic N) is 1. The molecule has 28 heavy (non-hydrogen) atoms. The van der Waals surface area contributed by atoms with Crippen LogP contribution in [0.3, 0.4) is 0 Å². The number of ether oxygens (including phenoxy) is 1. The first-order valence-electron chi connectivity index (χ1n) is 10.1. The SMILES string of the molecule is CCOc1cccc(CN(CCO)C(=O)c2ccc([C@@H]3CCCNC3)cc2)c1. The summed E-state index contributed by atoms with van der Waals surface area (Å²) in [5.74, 6) is 1.25. The highest BCUT2D eigenvalue weighted by Gasteiger charge is 2.18. The quantitative estimate of drug-likeness (QED) is 0.736. The number of carbonyl (C=O) groups is 1. The predicted octanol–water partition coefficient (Wildman–Crippen LogP) is 3.19. The van der Waals surface area contributed by atoms with Crippen LogP contribution in [0.25, 0.3) is 0 Å². The summed E-state index contributed by atoms with van der Waals surface area (Å²) >= 11 is 0. The molecule has 0 spiro atoms. The smallest absolute Gasteiger partial charge is 0.254 e. The van der Waals surface area contributed by atoms with Gasteiger partial charge >= 0.3 is 0 Å². The maximum absolute atomic E-state index is 13.0. The first-order chi connectivity index (χ1) is 13.7. The second kappa shape index (κ2) is 10.2. The Labute approximate surface area is 167 Å². The fraction of sp³-hybridized carbons (Fsp3) is 0.435. The molecular formula is C23H30N2O3. The van der Waals surface area contributed by atoms with Gasteiger partial charge in [0, 0.05) is 25.2 Å². The Bertz CT molecular complexity index is 755. The third kappa shape index (κ3) is 5.33. The van der Waals surface area contributed by atoms with Crippen LogP contribution in [0.4, 0.5) is 0 Å². The standard InChI is InChI=1S/C23H30N2O3/c1-2-28-22-7-3-5-18(15-22)17-25(13-14-26)23(27)20-10-8-19(9-11-20)21-6-4-12-24-16-21/h3,5,7-11,15,21,24,26H,2,4,6,12-14,16-17H2,1H3/t21-/m1/s1. The molecule has 0 bridgehead atoms. The lowest BCUT2D eigenvalue weighted by molar-refractivity contribution is 0.0707. The second-order valence-electron chi connectivity index (χ2n) is 7.20. The lowest BCUT2D eigenvalue weighted by atomic mass is 9.91. The highest BCUT2D eigenvalue weighted by Crippen LogP contribution is 2.24. The van der Waals surface area contributed by atoms with Gasteiger partial charge in [-0.3, -0.25) is 4.79 Å². The Morgan fingerprint density at radius 2 is 2.07 bits per heavy atom. The summed E-state index contributed by atoms with van der Waals surface area (Å²) in [4.78, 5) is 14.7. The Morgan fingerprint density at radius 3 is 2.75 bits per heavy atom. The van der Waals surface area contributed by atoms with Crippen molar-refractivity contribution in [3.8, 4) is 5.75 Å². The molecule has 1 amide bonds. The van der Waals surface area contributed by atoms with Crippen LogP contribution in [0.1, 0.15) is 47.2 Å². The summed E-state index contributed by atoms with van der Waals surface area (Å²) in [7, 11) is 0. The Hall–Kier alpha value is -2.37. The van der Waals surface area contributed by atoms with Crippen molar-refractivity contribution in [1.29, 1.82) is 0 Å². The van der Waals surface area contributed by atoms with E-state index in [9.17, 15) is 9.90 Å². The van der Waals surface area contributed by atoms with Gasteiger partial charge in [0.25, 0.3) is 5.91 Å². The normalized spacial score (nSPS) is 16.6. The Kier molecular flexibility index (Phi) is 7.46. The van der Waals surface area contributed by atoms with E-state index < -0.39 is 0 Å². The number of benzene rings is 2. The monoisotopic (exact) mass is 382 g/mol. The third-order valence-electron chi connectivity index (χ3n) is 5.17. The summed E-state index contributed by atoms with van der Waals surface area (Å²) in [6.45, 7) is 5.31. The van der Waals surface area contributed by atoms with Gasteiger partial charge in [0.05, 0.1) is 13.2 Å². The number of nitrogens with one attached hydrogen (secondary N) is 1. The number of aliphatic hydroxyl groups is 1. The lowest BCUT2D eigenvalue weighted by Gasteiger charge is -2.24. The zero-order chi connectivity index (χ0) is 19.8. The molecule has 2 aromatic rings. The van der Waals surface area contributed by atoms with Crippen LogP contribution < -0.4 is 10.1 Å². The number of aliphatic hydroxyl groups excluding tert-OH is 1. The van der Waals surface area contributed by atoms with E-state index in [0.29, 0.717) is 31.2 Å². The molecule has 3 rings (SSSR count). The molecule has 5 heteroatoms. The molecule has 2 aromatic carbocycles. The average molecular weight is 383 g/mol. The molecule has 0 radical (unpaired) electrons. The maximum atomic E-state index is 13.0. The van der Waals surface area contributed by atoms with E-state index in [1.54, 1.807) is 4.90 Å². The van der Waals surface area contributed by atoms with Crippen LogP contribution >= 0.6 is 0 Å². The van der Waals surface area contributed by atoms with E-state index in [-0.39, 0.29) is 12.5 Å². The predicted molar refractivity (Wildman–Crippen MR) is 111 cm³/mol. The van der Waals surface area contributed by atoms with E-state index in [2.05, 4.69) is 17.4 Å². The largest absolute Gasteiger partial charge is 0.494 e. The zero-order valence-corrected chi connectivity index (χ0v) is 16.6. The fourth-order valence-electron chi connectivity index (χ4n) is 3.71. The van der Waals surface area contributed by atoms with Gasteiger partial charge in [-0.15, -0.1) is 0 Å². The minimum absolute atomic E-state index is 0.0656. The van der Waals surface area contributed by atoms with Gasteiger partial charge in [-0.25, -0.2) is 0 Å². The van der Waals surface area contributed by atoms with Gasteiger partial charge in [-0.2, -0.15) is 0 Å². The molecule has 2 N–H and O–H groups in total. The summed E-state index contributed by atoms with van der Waals surface area (Å²) in [5, 5.41) is 12.9. The van der Waals surface area contributed by atoms with E-state index in [4.69, 9.17) is 4.74 Å². The Morgan fingerprint density at radius 1 is 1.25 bits per heavy atom. The van der Waals surface area contributed by atoms with Crippen LogP contribution in [-0.2, 0) is 6.54 Å². The van der Waals surface area contributed by atoms with Gasteiger partial charge < -0.3 is 20.1 Å². The highest BCUT2D eigenvalue weighted by molar-refractivity contribution is 5.94. The van der Waals surface area contributed by atoms with Crippen LogP contribution in [0.5, 0.6) is 5.75 Å². The van der Waals surface area contributed by atoms with E-state index in [1.807, 2.05) is 43.3 Å². The van der Waals surface area contributed by atoms with Crippen molar-refractivity contribution in [2.45, 2.75) is 32.2 Å². The zero-order valence-electron chi connectivity index (χ0n) is 16.6. The van der Waals surface area contributed by atoms with Gasteiger partial charge in [0.15, 0.2) is 0 Å². The summed E-state index contributed by atoms with van der Waals surface area (Å²) < 4.78 is 5.55. The highest BCUT2D eigenvalue weighted by atomic mass is 16.5. The van der Waals surface area contributed by atoms with E-state index in [0.717, 1.165) is 24.4 Å². The van der Waals surface area contributed by atoms with Gasteiger partial charge in [0.1, 0.15) is 5.75 Å². The number of piperidine rings is 1. The van der Waals surface area contributed by atoms with Crippen molar-refractivity contribution in [1.82, 2.24) is 10.2 Å². The molecule has 0 unspecified atom stereocenters. The number of hydrogen-bond acceptors (Lipinski definition) is 4. The van der Waals surface area contributed by atoms with Crippen LogP contribution in [0.15, 0.2) is 48.5 Å². The lowest BCUT2D eigenvalue weighted by Crippen LogP contribution is -2.33. The van der Waals surface area contributed by atoms with Crippen LogP contribution in [0.2, 0.25) is 0 Å². The molecule has 150 valence electrons. The molecule has 1 atom stereocenters. The molecule has 1 heterocycles. The average Bonchev–Trinajstić information content (AvgIpc) is 2.74. The van der Waals surface area contributed by atoms with Crippen LogP contribution in [0, 0.1) is 0 Å². The number of rotatable bonds is 8. The second-order valence-corrected chi connectivity index (χ2v) is 7.20. The van der Waals surface area contributed by atoms with E-state index >= 15 is 0 Å². The van der Waals surface area contributed by atoms with Gasteiger partial charge in [-0.05, 0) is 67.6 Å². The molecule has 5 nitrogen and oxygen atoms in total. The molecule has 1 aliphatic rings. The topological polar surface area (TPSA) is 61.8 Å². The Balaban J connectivity index is 1.70. The number of hydrogen-bond donors (Lipinski definition) is 2. The number of amides is 1. The van der Waals surface area contributed by atoms with Crippen molar-refractivity contribution in [3.63, 3.8) is 0 Å².